The lowest BCUT2D eigenvalue weighted by Crippen LogP contribution is -2.33. The monoisotopic (exact) mass is 378 g/mol. The Morgan fingerprint density at radius 3 is 2.79 bits per heavy atom. The minimum absolute atomic E-state index is 0.140. The first-order valence-corrected chi connectivity index (χ1v) is 9.27. The Morgan fingerprint density at radius 1 is 1.21 bits per heavy atom. The molecule has 1 aromatic heterocycles. The first-order chi connectivity index (χ1) is 13.7. The molecule has 0 saturated heterocycles. The van der Waals surface area contributed by atoms with Gasteiger partial charge in [0.1, 0.15) is 5.75 Å². The molecule has 2 aromatic carbocycles. The van der Waals surface area contributed by atoms with Crippen molar-refractivity contribution in [1.82, 2.24) is 10.1 Å². The maximum absolute atomic E-state index is 12.6. The van der Waals surface area contributed by atoms with E-state index < -0.39 is 0 Å². The highest BCUT2D eigenvalue weighted by Crippen LogP contribution is 2.38. The summed E-state index contributed by atoms with van der Waals surface area (Å²) in [6.45, 7) is 0.525. The number of benzene rings is 2. The van der Waals surface area contributed by atoms with Gasteiger partial charge in [-0.25, -0.2) is 0 Å². The van der Waals surface area contributed by atoms with E-state index in [-0.39, 0.29) is 12.5 Å². The molecule has 1 heterocycles. The summed E-state index contributed by atoms with van der Waals surface area (Å²) < 4.78 is 10.6. The molecule has 1 fully saturated rings. The molecule has 28 heavy (non-hydrogen) atoms. The van der Waals surface area contributed by atoms with Gasteiger partial charge in [0, 0.05) is 23.4 Å². The number of ether oxygens (including phenoxy) is 1. The van der Waals surface area contributed by atoms with Crippen LogP contribution in [0.2, 0.25) is 0 Å². The van der Waals surface area contributed by atoms with Gasteiger partial charge in [0.05, 0.1) is 20.2 Å². The van der Waals surface area contributed by atoms with E-state index in [9.17, 15) is 4.79 Å². The van der Waals surface area contributed by atoms with Crippen molar-refractivity contribution < 1.29 is 14.1 Å². The fourth-order valence-corrected chi connectivity index (χ4v) is 2.95. The van der Waals surface area contributed by atoms with Gasteiger partial charge in [-0.1, -0.05) is 29.4 Å². The fourth-order valence-electron chi connectivity index (χ4n) is 2.95. The Bertz CT molecular complexity index is 938. The predicted octanol–water partition coefficient (Wildman–Crippen LogP) is 3.60. The lowest BCUT2D eigenvalue weighted by atomic mass is 10.2. The molecule has 0 atom stereocenters. The molecule has 0 aliphatic heterocycles. The lowest BCUT2D eigenvalue weighted by molar-refractivity contribution is -0.115. The molecular formula is C21H22N4O3. The van der Waals surface area contributed by atoms with Crippen LogP contribution in [0.1, 0.15) is 30.5 Å². The number of para-hydroxylation sites is 1. The summed E-state index contributed by atoms with van der Waals surface area (Å²) in [5.74, 6) is 2.26. The molecule has 0 bridgehead atoms. The van der Waals surface area contributed by atoms with Gasteiger partial charge in [0.2, 0.25) is 11.8 Å². The molecule has 4 rings (SSSR count). The summed E-state index contributed by atoms with van der Waals surface area (Å²) in [4.78, 5) is 19.0. The Balaban J connectivity index is 1.47. The van der Waals surface area contributed by atoms with E-state index in [4.69, 9.17) is 9.26 Å². The number of methoxy groups -OCH3 is 1. The highest BCUT2D eigenvalue weighted by molar-refractivity contribution is 5.94. The van der Waals surface area contributed by atoms with Crippen molar-refractivity contribution >= 4 is 17.3 Å². The number of rotatable bonds is 8. The molecule has 1 amide bonds. The van der Waals surface area contributed by atoms with Gasteiger partial charge in [-0.2, -0.15) is 4.98 Å². The number of anilines is 2. The van der Waals surface area contributed by atoms with Gasteiger partial charge in [-0.15, -0.1) is 0 Å². The second-order valence-electron chi connectivity index (χ2n) is 6.79. The number of nitrogens with zero attached hydrogens (tertiary/aromatic N) is 3. The third-order valence-electron chi connectivity index (χ3n) is 4.56. The molecule has 1 N–H and O–H groups in total. The van der Waals surface area contributed by atoms with Crippen LogP contribution in [0, 0.1) is 0 Å². The van der Waals surface area contributed by atoms with E-state index in [0.717, 1.165) is 24.4 Å². The first kappa shape index (κ1) is 18.0. The van der Waals surface area contributed by atoms with Gasteiger partial charge in [-0.05, 0) is 37.1 Å². The normalized spacial score (nSPS) is 13.2. The van der Waals surface area contributed by atoms with E-state index in [1.807, 2.05) is 53.4 Å². The van der Waals surface area contributed by atoms with E-state index >= 15 is 0 Å². The topological polar surface area (TPSA) is 80.5 Å². The number of hydrogen-bond acceptors (Lipinski definition) is 6. The quantitative estimate of drug-likeness (QED) is 0.645. The Morgan fingerprint density at radius 2 is 2.04 bits per heavy atom. The number of carbonyl (C=O) groups is 1. The number of nitrogens with one attached hydrogen (secondary N) is 1. The van der Waals surface area contributed by atoms with Crippen molar-refractivity contribution in [3.8, 4) is 5.75 Å². The maximum atomic E-state index is 12.6. The van der Waals surface area contributed by atoms with Crippen LogP contribution in [-0.4, -0.2) is 29.7 Å². The third kappa shape index (κ3) is 4.49. The van der Waals surface area contributed by atoms with E-state index in [2.05, 4.69) is 15.5 Å². The van der Waals surface area contributed by atoms with Crippen molar-refractivity contribution in [3.05, 3.63) is 66.3 Å². The molecule has 1 saturated carbocycles. The smallest absolute Gasteiger partial charge is 0.246 e. The highest BCUT2D eigenvalue weighted by Gasteiger charge is 2.29. The molecule has 0 radical (unpaired) electrons. The maximum Gasteiger partial charge on any atom is 0.246 e. The second-order valence-corrected chi connectivity index (χ2v) is 6.79. The summed E-state index contributed by atoms with van der Waals surface area (Å²) in [6.07, 6.45) is 2.23. The van der Waals surface area contributed by atoms with Crippen LogP contribution in [0.15, 0.2) is 59.1 Å². The number of amides is 1. The zero-order valence-corrected chi connectivity index (χ0v) is 15.7. The summed E-state index contributed by atoms with van der Waals surface area (Å²) in [6, 6.07) is 17.0. The van der Waals surface area contributed by atoms with E-state index in [1.54, 1.807) is 13.2 Å². The number of carbonyl (C=O) groups excluding carboxylic acids is 1. The van der Waals surface area contributed by atoms with Crippen LogP contribution in [0.3, 0.4) is 0 Å². The highest BCUT2D eigenvalue weighted by atomic mass is 16.5. The minimum Gasteiger partial charge on any atom is -0.497 e. The number of hydrogen-bond donors (Lipinski definition) is 1. The van der Waals surface area contributed by atoms with E-state index in [0.29, 0.717) is 29.8 Å². The molecular weight excluding hydrogens is 356 g/mol. The molecule has 0 unspecified atom stereocenters. The minimum atomic E-state index is -0.140. The van der Waals surface area contributed by atoms with Crippen LogP contribution >= 0.6 is 0 Å². The van der Waals surface area contributed by atoms with Gasteiger partial charge in [0.15, 0.2) is 5.82 Å². The zero-order valence-electron chi connectivity index (χ0n) is 15.7. The molecule has 7 nitrogen and oxygen atoms in total. The Kier molecular flexibility index (Phi) is 5.23. The van der Waals surface area contributed by atoms with Crippen molar-refractivity contribution in [2.75, 3.05) is 23.9 Å². The van der Waals surface area contributed by atoms with Crippen LogP contribution in [0.4, 0.5) is 11.4 Å². The Labute approximate surface area is 163 Å². The van der Waals surface area contributed by atoms with Gasteiger partial charge in [0.25, 0.3) is 0 Å². The average Bonchev–Trinajstić information content (AvgIpc) is 3.47. The molecule has 7 heteroatoms. The molecule has 1 aliphatic carbocycles. The van der Waals surface area contributed by atoms with Crippen LogP contribution < -0.4 is 15.0 Å². The number of aromatic nitrogens is 2. The third-order valence-corrected chi connectivity index (χ3v) is 4.56. The van der Waals surface area contributed by atoms with Crippen molar-refractivity contribution in [1.29, 1.82) is 0 Å². The van der Waals surface area contributed by atoms with Crippen LogP contribution in [-0.2, 0) is 11.3 Å². The molecule has 144 valence electrons. The van der Waals surface area contributed by atoms with Gasteiger partial charge < -0.3 is 19.5 Å². The van der Waals surface area contributed by atoms with Gasteiger partial charge >= 0.3 is 0 Å². The largest absolute Gasteiger partial charge is 0.497 e. The van der Waals surface area contributed by atoms with Crippen LogP contribution in [0.25, 0.3) is 0 Å². The van der Waals surface area contributed by atoms with Crippen molar-refractivity contribution in [2.45, 2.75) is 25.3 Å². The molecule has 0 spiro atoms. The van der Waals surface area contributed by atoms with Crippen molar-refractivity contribution in [2.24, 2.45) is 0 Å². The van der Waals surface area contributed by atoms with Crippen molar-refractivity contribution in [3.63, 3.8) is 0 Å². The molecule has 1 aliphatic rings. The lowest BCUT2D eigenvalue weighted by Gasteiger charge is -2.22. The standard InChI is InChI=1S/C21H22N4O3/c1-27-18-9-5-6-16(12-18)22-19(26)13-25(17-7-3-2-4-8-17)14-20-23-21(24-28-20)15-10-11-15/h2-9,12,15H,10-11,13-14H2,1H3,(H,22,26). The summed E-state index contributed by atoms with van der Waals surface area (Å²) in [5, 5.41) is 6.97. The van der Waals surface area contributed by atoms with Crippen LogP contribution in [0.5, 0.6) is 5.75 Å². The fraction of sp³-hybridized carbons (Fsp3) is 0.286. The van der Waals surface area contributed by atoms with Gasteiger partial charge in [-0.3, -0.25) is 4.79 Å². The Hall–Kier alpha value is -3.35. The zero-order chi connectivity index (χ0) is 19.3. The SMILES string of the molecule is COc1cccc(NC(=O)CN(Cc2nc(C3CC3)no2)c2ccccc2)c1. The van der Waals surface area contributed by atoms with E-state index in [1.165, 1.54) is 0 Å². The summed E-state index contributed by atoms with van der Waals surface area (Å²) in [7, 11) is 1.60. The average molecular weight is 378 g/mol. The molecule has 3 aromatic rings. The second kappa shape index (κ2) is 8.12. The predicted molar refractivity (Wildman–Crippen MR) is 105 cm³/mol. The summed E-state index contributed by atoms with van der Waals surface area (Å²) in [5.41, 5.74) is 1.60. The summed E-state index contributed by atoms with van der Waals surface area (Å²) >= 11 is 0. The first-order valence-electron chi connectivity index (χ1n) is 9.27.